The Morgan fingerprint density at radius 1 is 1.12 bits per heavy atom. The number of aliphatic hydroxyl groups excluding tert-OH is 2. The average Bonchev–Trinajstić information content (AvgIpc) is 3.31. The molecule has 2 aromatic rings. The molecule has 0 aromatic carbocycles. The molecule has 0 aliphatic carbocycles. The summed E-state index contributed by atoms with van der Waals surface area (Å²) in [6.45, 7) is 0.638. The Labute approximate surface area is 323 Å². The Bertz CT molecular complexity index is 1320. The average molecular weight is 703 g/mol. The van der Waals surface area contributed by atoms with Crippen LogP contribution in [-0.2, 0) is 27.3 Å². The number of nitrogen functional groups attached to an aromatic ring is 1. The first-order chi connectivity index (χ1) is 16.9. The van der Waals surface area contributed by atoms with E-state index in [0.717, 1.165) is 17.3 Å². The van der Waals surface area contributed by atoms with Crippen LogP contribution in [0.3, 0.4) is 0 Å². The standard InChI is InChI=1S/C14H22F2N5O12P3S.4Na/c1-2-3-37-13-19-10(17)7-11(20-13)21(5-18-7)12-9(23)8(22)6(32-12)4-31-36(29,30)33-35(27,28)14(15,16)34(24,25)26;;;;/h5-6,8-9,12,22-23H,2-4H2,1H3,(H,27,28)(H,29,30)(H2,17,19,20)(H2,24,25,26);;;;/q;4*+1/p-4. The van der Waals surface area contributed by atoms with Gasteiger partial charge in [-0.15, -0.1) is 0 Å². The van der Waals surface area contributed by atoms with Crippen molar-refractivity contribution in [1.29, 1.82) is 0 Å². The number of alkyl halides is 2. The SMILES string of the molecule is CCCSc1nc(N)c2ncn(C3OC(COP(=O)([O-])OP(=O)([O-])C(F)(F)P(=O)([O-])[O-])C(O)C3O)c2n1.[Na+].[Na+].[Na+].[Na+]. The Morgan fingerprint density at radius 3 is 2.24 bits per heavy atom. The van der Waals surface area contributed by atoms with E-state index in [2.05, 4.69) is 23.8 Å². The maximum Gasteiger partial charge on any atom is 1.00 e. The number of thioether (sulfide) groups is 1. The number of halogens is 2. The topological polar surface area (TPSA) is 281 Å². The van der Waals surface area contributed by atoms with Crippen LogP contribution in [0.4, 0.5) is 14.6 Å². The summed E-state index contributed by atoms with van der Waals surface area (Å²) in [6, 6.07) is 0. The van der Waals surface area contributed by atoms with Gasteiger partial charge in [-0.3, -0.25) is 13.4 Å². The first kappa shape index (κ1) is 46.0. The minimum atomic E-state index is -7.19. The number of nitrogens with two attached hydrogens (primary N) is 1. The van der Waals surface area contributed by atoms with E-state index in [4.69, 9.17) is 10.5 Å². The van der Waals surface area contributed by atoms with Gasteiger partial charge in [-0.25, -0.2) is 15.0 Å². The maximum atomic E-state index is 13.3. The molecule has 2 aromatic heterocycles. The summed E-state index contributed by atoms with van der Waals surface area (Å²) in [4.78, 5) is 56.5. The number of hydrogen-bond acceptors (Lipinski definition) is 17. The Morgan fingerprint density at radius 2 is 1.71 bits per heavy atom. The van der Waals surface area contributed by atoms with E-state index >= 15 is 0 Å². The van der Waals surface area contributed by atoms with Crippen LogP contribution in [0.1, 0.15) is 19.6 Å². The van der Waals surface area contributed by atoms with Gasteiger partial charge < -0.3 is 53.9 Å². The molecule has 3 rings (SSSR count). The normalized spacial score (nSPS) is 23.7. The molecule has 41 heavy (non-hydrogen) atoms. The monoisotopic (exact) mass is 703 g/mol. The van der Waals surface area contributed by atoms with E-state index in [9.17, 15) is 52.3 Å². The summed E-state index contributed by atoms with van der Waals surface area (Å²) >= 11 is 1.27. The summed E-state index contributed by atoms with van der Waals surface area (Å²) in [5.41, 5.74) is 6.08. The minimum Gasteiger partial charge on any atom is -0.806 e. The zero-order chi connectivity index (χ0) is 28.0. The van der Waals surface area contributed by atoms with E-state index in [0.29, 0.717) is 5.75 Å². The van der Waals surface area contributed by atoms with Gasteiger partial charge in [0.1, 0.15) is 23.8 Å². The van der Waals surface area contributed by atoms with Crippen molar-refractivity contribution in [3.05, 3.63) is 6.33 Å². The number of nitrogens with zero attached hydrogens (tertiary/aromatic N) is 4. The molecule has 1 saturated heterocycles. The number of phosphoric acid groups is 1. The van der Waals surface area contributed by atoms with E-state index < -0.39 is 59.6 Å². The second-order valence-electron chi connectivity index (χ2n) is 7.44. The van der Waals surface area contributed by atoms with Crippen molar-refractivity contribution in [2.75, 3.05) is 18.1 Å². The third-order valence-corrected chi connectivity index (χ3v) is 10.7. The van der Waals surface area contributed by atoms with Gasteiger partial charge in [-0.05, 0) is 6.42 Å². The summed E-state index contributed by atoms with van der Waals surface area (Å²) in [5.74, 6) is 0.653. The van der Waals surface area contributed by atoms with Gasteiger partial charge in [-0.2, -0.15) is 8.78 Å². The van der Waals surface area contributed by atoms with Crippen LogP contribution >= 0.6 is 34.8 Å². The van der Waals surface area contributed by atoms with Gasteiger partial charge in [0.25, 0.3) is 7.82 Å². The molecule has 0 amide bonds. The molecule has 210 valence electrons. The summed E-state index contributed by atoms with van der Waals surface area (Å²) in [7, 11) is -20.6. The zero-order valence-corrected chi connectivity index (χ0v) is 33.9. The molecule has 6 unspecified atom stereocenters. The van der Waals surface area contributed by atoms with Crippen molar-refractivity contribution in [1.82, 2.24) is 19.5 Å². The first-order valence-electron chi connectivity index (χ1n) is 9.94. The van der Waals surface area contributed by atoms with Crippen LogP contribution in [0, 0.1) is 0 Å². The number of rotatable bonds is 11. The van der Waals surface area contributed by atoms with E-state index in [1.807, 2.05) is 6.92 Å². The van der Waals surface area contributed by atoms with Crippen LogP contribution in [0.2, 0.25) is 0 Å². The second kappa shape index (κ2) is 17.9. The smallest absolute Gasteiger partial charge is 0.806 e. The number of fused-ring (bicyclic) bond motifs is 1. The third-order valence-electron chi connectivity index (χ3n) is 4.74. The van der Waals surface area contributed by atoms with Gasteiger partial charge in [0.05, 0.1) is 12.9 Å². The van der Waals surface area contributed by atoms with Crippen LogP contribution < -0.4 is 144 Å². The number of phosphoric ester groups is 1. The van der Waals surface area contributed by atoms with Crippen molar-refractivity contribution in [2.24, 2.45) is 0 Å². The van der Waals surface area contributed by atoms with Crippen LogP contribution in [0.15, 0.2) is 11.5 Å². The quantitative estimate of drug-likeness (QED) is 0.0848. The van der Waals surface area contributed by atoms with Crippen molar-refractivity contribution in [2.45, 2.75) is 48.4 Å². The Kier molecular flexibility index (Phi) is 20.1. The second-order valence-corrected chi connectivity index (χ2v) is 13.8. The maximum absolute atomic E-state index is 13.3. The van der Waals surface area contributed by atoms with Gasteiger partial charge in [0.2, 0.25) is 7.60 Å². The molecule has 3 heterocycles. The fourth-order valence-corrected chi connectivity index (χ4v) is 7.17. The molecule has 4 N–H and O–H groups in total. The van der Waals surface area contributed by atoms with E-state index in [1.54, 1.807) is 0 Å². The van der Waals surface area contributed by atoms with Gasteiger partial charge in [-0.1, -0.05) is 18.7 Å². The van der Waals surface area contributed by atoms with Crippen molar-refractivity contribution >= 4 is 51.8 Å². The predicted molar refractivity (Wildman–Crippen MR) is 111 cm³/mol. The summed E-state index contributed by atoms with van der Waals surface area (Å²) in [5, 5.41) is 14.8. The molecule has 0 radical (unpaired) electrons. The first-order valence-corrected chi connectivity index (χ1v) is 15.5. The van der Waals surface area contributed by atoms with Gasteiger partial charge >= 0.3 is 124 Å². The number of imidazole rings is 1. The number of aliphatic hydroxyl groups is 2. The van der Waals surface area contributed by atoms with Gasteiger partial charge in [0.15, 0.2) is 22.8 Å². The molecule has 0 saturated carbocycles. The number of ether oxygens (including phenoxy) is 1. The number of aromatic nitrogens is 4. The number of hydrogen-bond donors (Lipinski definition) is 3. The van der Waals surface area contributed by atoms with Crippen LogP contribution in [0.5, 0.6) is 0 Å². The molecule has 1 aliphatic rings. The van der Waals surface area contributed by atoms with Gasteiger partial charge in [0, 0.05) is 13.3 Å². The van der Waals surface area contributed by atoms with Crippen molar-refractivity contribution in [3.8, 4) is 0 Å². The fourth-order valence-electron chi connectivity index (χ4n) is 2.98. The third kappa shape index (κ3) is 10.7. The molecular formula is C14H18F2N5Na4O12P3S. The molecule has 27 heteroatoms. The molecular weight excluding hydrogens is 685 g/mol. The molecule has 0 spiro atoms. The molecule has 0 bridgehead atoms. The molecule has 6 atom stereocenters. The summed E-state index contributed by atoms with van der Waals surface area (Å²) < 4.78 is 74.1. The molecule has 17 nitrogen and oxygen atoms in total. The summed E-state index contributed by atoms with van der Waals surface area (Å²) in [6.07, 6.45) is -4.88. The largest absolute Gasteiger partial charge is 1.00 e. The van der Waals surface area contributed by atoms with Crippen LogP contribution in [0.25, 0.3) is 11.2 Å². The minimum absolute atomic E-state index is 0. The van der Waals surface area contributed by atoms with E-state index in [-0.39, 0.29) is 140 Å². The van der Waals surface area contributed by atoms with Crippen molar-refractivity contribution < 1.29 is 184 Å². The number of anilines is 1. The predicted octanol–water partition coefficient (Wildman–Crippen LogP) is -13.9. The fraction of sp³-hybridized carbons (Fsp3) is 0.643. The van der Waals surface area contributed by atoms with Crippen molar-refractivity contribution in [3.63, 3.8) is 0 Å². The molecule has 1 aliphatic heterocycles. The Hall–Kier alpha value is 2.89. The van der Waals surface area contributed by atoms with E-state index in [1.165, 1.54) is 11.8 Å². The zero-order valence-electron chi connectivity index (χ0n) is 22.4. The molecule has 1 fully saturated rings. The Balaban J connectivity index is 0. The van der Waals surface area contributed by atoms with Crippen LogP contribution in [-0.4, -0.2) is 65.8 Å².